The van der Waals surface area contributed by atoms with Gasteiger partial charge in [0.25, 0.3) is 0 Å². The van der Waals surface area contributed by atoms with Gasteiger partial charge in [-0.05, 0) is 187 Å². The van der Waals surface area contributed by atoms with E-state index >= 15 is 0 Å². The van der Waals surface area contributed by atoms with Crippen LogP contribution in [-0.4, -0.2) is 114 Å². The Morgan fingerprint density at radius 2 is 0.866 bits per heavy atom. The van der Waals surface area contributed by atoms with E-state index in [1.165, 1.54) is 0 Å². The predicted octanol–water partition coefficient (Wildman–Crippen LogP) is 14.0. The molecule has 6 aromatic rings. The van der Waals surface area contributed by atoms with Gasteiger partial charge in [0.05, 0.1) is 106 Å². The zero-order valence-electron chi connectivity index (χ0n) is 53.6. The Labute approximate surface area is 500 Å². The van der Waals surface area contributed by atoms with Gasteiger partial charge in [-0.3, -0.25) is 0 Å². The molecule has 3 aliphatic rings. The van der Waals surface area contributed by atoms with Crippen LogP contribution in [0.4, 0.5) is 0 Å². The van der Waals surface area contributed by atoms with Crippen molar-refractivity contribution in [1.29, 1.82) is 0 Å². The average molecular weight is 1230 g/mol. The number of nitrogens with zero attached hydrogens (tertiary/aromatic N) is 6. The molecule has 0 aliphatic carbocycles. The maximum atomic E-state index is 6.41. The minimum atomic E-state index is -1.88. The van der Waals surface area contributed by atoms with E-state index in [0.717, 1.165) is 66.3 Å². The molecular weight excluding hydrogens is 1130 g/mol. The molecule has 0 N–H and O–H groups in total. The molecule has 22 heteroatoms. The Hall–Kier alpha value is -3.93. The zero-order valence-corrected chi connectivity index (χ0v) is 57.2. The molecule has 82 heavy (non-hydrogen) atoms. The second-order valence-corrected chi connectivity index (χ2v) is 38.2. The third-order valence-electron chi connectivity index (χ3n) is 18.0. The topological polar surface area (TPSA) is 154 Å². The summed E-state index contributed by atoms with van der Waals surface area (Å²) in [6.07, 6.45) is 3.65. The van der Waals surface area contributed by atoms with Crippen LogP contribution >= 0.6 is 15.9 Å². The van der Waals surface area contributed by atoms with Crippen LogP contribution in [0.2, 0.25) is 36.3 Å². The lowest BCUT2D eigenvalue weighted by Gasteiger charge is -2.36. The summed E-state index contributed by atoms with van der Waals surface area (Å²) < 4.78 is 65.7. The summed E-state index contributed by atoms with van der Waals surface area (Å²) in [6, 6.07) is 20.0. The molecule has 0 spiro atoms. The van der Waals surface area contributed by atoms with E-state index in [9.17, 15) is 0 Å². The molecule has 2 aromatic carbocycles. The lowest BCUT2D eigenvalue weighted by molar-refractivity contribution is 0.00578. The number of hydrogen-bond donors (Lipinski definition) is 0. The van der Waals surface area contributed by atoms with Crippen molar-refractivity contribution in [3.05, 3.63) is 88.9 Å². The molecule has 7 heterocycles. The van der Waals surface area contributed by atoms with E-state index in [4.69, 9.17) is 56.2 Å². The van der Waals surface area contributed by atoms with Gasteiger partial charge in [-0.2, -0.15) is 10.2 Å². The minimum absolute atomic E-state index is 0.141. The quantitative estimate of drug-likeness (QED) is 0.0950. The fourth-order valence-corrected chi connectivity index (χ4v) is 10.8. The summed E-state index contributed by atoms with van der Waals surface area (Å²) in [5.74, 6) is 3.07. The van der Waals surface area contributed by atoms with Crippen molar-refractivity contribution in [3.63, 3.8) is 0 Å². The Balaban J connectivity index is 0.000000187. The molecule has 9 rings (SSSR count). The second-order valence-electron chi connectivity index (χ2n) is 27.7. The minimum Gasteiger partial charge on any atom is -0.493 e. The first-order valence-electron chi connectivity index (χ1n) is 28.9. The zero-order chi connectivity index (χ0) is 61.0. The van der Waals surface area contributed by atoms with Gasteiger partial charge in [0.1, 0.15) is 11.5 Å². The summed E-state index contributed by atoms with van der Waals surface area (Å²) in [7, 11) is -5.16. The maximum Gasteiger partial charge on any atom is 0.495 e. The second kappa shape index (κ2) is 23.7. The van der Waals surface area contributed by atoms with Crippen LogP contribution in [0.25, 0.3) is 33.4 Å². The Bertz CT molecular complexity index is 3130. The fourth-order valence-electron chi connectivity index (χ4n) is 8.48. The molecule has 0 bridgehead atoms. The van der Waals surface area contributed by atoms with E-state index in [2.05, 4.69) is 128 Å². The van der Waals surface area contributed by atoms with Crippen LogP contribution in [-0.2, 0) is 50.0 Å². The monoisotopic (exact) mass is 1220 g/mol. The van der Waals surface area contributed by atoms with Gasteiger partial charge < -0.3 is 46.3 Å². The van der Waals surface area contributed by atoms with Gasteiger partial charge in [0, 0.05) is 4.47 Å². The molecule has 3 aliphatic heterocycles. The van der Waals surface area contributed by atoms with Gasteiger partial charge in [0.15, 0.2) is 28.3 Å². The normalized spacial score (nSPS) is 19.1. The molecule has 0 atom stereocenters. The fraction of sp³-hybridized carbons (Fsp3) is 0.600. The van der Waals surface area contributed by atoms with E-state index in [1.807, 2.05) is 146 Å². The highest BCUT2D eigenvalue weighted by molar-refractivity contribution is 9.10. The highest BCUT2D eigenvalue weighted by Crippen LogP contribution is 2.44. The largest absolute Gasteiger partial charge is 0.495 e. The molecule has 446 valence electrons. The van der Waals surface area contributed by atoms with Crippen LogP contribution in [0.15, 0.2) is 77.5 Å². The third kappa shape index (κ3) is 14.0. The first-order chi connectivity index (χ1) is 37.7. The van der Waals surface area contributed by atoms with Crippen molar-refractivity contribution in [2.24, 2.45) is 0 Å². The van der Waals surface area contributed by atoms with Crippen LogP contribution < -0.4 is 14.9 Å². The molecule has 0 saturated carbocycles. The number of fused-ring (bicyclic) bond motifs is 2. The Morgan fingerprint density at radius 3 is 1.23 bits per heavy atom. The van der Waals surface area contributed by atoms with Crippen molar-refractivity contribution in [3.8, 4) is 23.1 Å². The molecule has 0 unspecified atom stereocenters. The molecule has 0 amide bonds. The summed E-state index contributed by atoms with van der Waals surface area (Å²) in [5, 5.41) is 11.4. The van der Waals surface area contributed by atoms with Crippen LogP contribution in [0.5, 0.6) is 11.5 Å². The molecule has 0 radical (unpaired) electrons. The first-order valence-corrected chi connectivity index (χ1v) is 35.5. The Kier molecular flexibility index (Phi) is 19.0. The predicted molar refractivity (Wildman–Crippen MR) is 340 cm³/mol. The van der Waals surface area contributed by atoms with E-state index in [1.54, 1.807) is 0 Å². The standard InChI is InChI=1S/C27H40BN3O4Si.C21H28BrN3O2Si.C12H24B2O4/c1-11-32-23-16-19(28-34-26(5,6)27(7,8)35-28)15-22-21(23)17-29-31(22)24-14-12-13-20(30-24)18-33-36(9,10)25(2,3)4;1-7-26-19-12-15(22)11-18-17(19)13-23-25(18)20-10-8-9-16(24-20)14-27-28(5,6)21(2,3)4;1-9(2)10(3,4)16-13(15-9)14-17-11(5,6)12(7,8)18-14/h12-17H,11,18H2,1-10H3;8-13H,7,14H2,1-6H3;1-8H3. The first kappa shape index (κ1) is 65.6. The number of ether oxygens (including phenoxy) is 2. The van der Waals surface area contributed by atoms with Gasteiger partial charge in [-0.25, -0.2) is 19.3 Å². The molecule has 16 nitrogen and oxygen atoms in total. The van der Waals surface area contributed by atoms with Crippen molar-refractivity contribution in [2.75, 3.05) is 13.2 Å². The summed E-state index contributed by atoms with van der Waals surface area (Å²) in [6.45, 7) is 53.0. The summed E-state index contributed by atoms with van der Waals surface area (Å²) in [4.78, 5) is 9.69. The van der Waals surface area contributed by atoms with Crippen LogP contribution in [0, 0.1) is 0 Å². The molecular formula is C60H92B3BrN6O10Si2. The highest BCUT2D eigenvalue weighted by atomic mass is 79.9. The van der Waals surface area contributed by atoms with E-state index < -0.39 is 49.0 Å². The molecule has 3 saturated heterocycles. The summed E-state index contributed by atoms with van der Waals surface area (Å²) in [5.41, 5.74) is 2.22. The van der Waals surface area contributed by atoms with Gasteiger partial charge in [0.2, 0.25) is 0 Å². The highest BCUT2D eigenvalue weighted by Gasteiger charge is 2.64. The lowest BCUT2D eigenvalue weighted by Crippen LogP contribution is -2.41. The number of pyridine rings is 2. The van der Waals surface area contributed by atoms with E-state index in [0.29, 0.717) is 26.4 Å². The number of aromatic nitrogens is 6. The number of rotatable bonds is 14. The number of benzene rings is 2. The van der Waals surface area contributed by atoms with Crippen LogP contribution in [0.1, 0.15) is 150 Å². The van der Waals surface area contributed by atoms with Gasteiger partial charge >= 0.3 is 21.1 Å². The molecule has 3 fully saturated rings. The SMILES string of the molecule is CC1(C)OB(B2OC(C)(C)C(C)(C)O2)OC1(C)C.CCOc1cc(B2OC(C)(C)C(C)(C)O2)cc2c1cnn2-c1cccc(CO[Si](C)(C)C(C)(C)C)n1.CCOc1cc(Br)cc2c1cnn2-c1cccc(CO[Si](C)(C)C(C)(C)C)n1. The van der Waals surface area contributed by atoms with Gasteiger partial charge in [-0.15, -0.1) is 0 Å². The van der Waals surface area contributed by atoms with Crippen molar-refractivity contribution < 1.29 is 46.3 Å². The number of hydrogen-bond acceptors (Lipinski definition) is 14. The third-order valence-corrected chi connectivity index (χ3v) is 27.4. The smallest absolute Gasteiger partial charge is 0.493 e. The maximum absolute atomic E-state index is 6.41. The van der Waals surface area contributed by atoms with Crippen molar-refractivity contribution in [2.45, 2.75) is 222 Å². The van der Waals surface area contributed by atoms with E-state index in [-0.39, 0.29) is 32.5 Å². The Morgan fingerprint density at radius 1 is 0.512 bits per heavy atom. The van der Waals surface area contributed by atoms with Gasteiger partial charge in [-0.1, -0.05) is 69.6 Å². The van der Waals surface area contributed by atoms with Crippen molar-refractivity contribution in [1.82, 2.24) is 29.5 Å². The van der Waals surface area contributed by atoms with Crippen LogP contribution in [0.3, 0.4) is 0 Å². The average Bonchev–Trinajstić information content (AvgIpc) is 3.14. The molecule has 4 aromatic heterocycles. The lowest BCUT2D eigenvalue weighted by atomic mass is 9.49. The number of halogens is 1. The summed E-state index contributed by atoms with van der Waals surface area (Å²) >= 11 is 3.57. The van der Waals surface area contributed by atoms with Crippen molar-refractivity contribution >= 4 is 81.0 Å².